The summed E-state index contributed by atoms with van der Waals surface area (Å²) in [6.07, 6.45) is 2.40. The molecule has 0 aliphatic carbocycles. The highest BCUT2D eigenvalue weighted by Gasteiger charge is 2.48. The summed E-state index contributed by atoms with van der Waals surface area (Å²) < 4.78 is 5.75. The highest BCUT2D eigenvalue weighted by atomic mass is 35.5. The molecule has 0 bridgehead atoms. The van der Waals surface area contributed by atoms with Gasteiger partial charge in [-0.3, -0.25) is 9.69 Å². The Balaban J connectivity index is 1.47. The number of likely N-dealkylation sites (tertiary alicyclic amines) is 2. The summed E-state index contributed by atoms with van der Waals surface area (Å²) >= 11 is 5.86. The fourth-order valence-corrected chi connectivity index (χ4v) is 4.17. The average Bonchev–Trinajstić information content (AvgIpc) is 2.99. The number of carboxylic acid groups (broad SMARTS) is 1. The number of hydrogen-bond donors (Lipinski definition) is 1. The third-order valence-corrected chi connectivity index (χ3v) is 5.86. The minimum Gasteiger partial charge on any atom is -0.492 e. The minimum atomic E-state index is -0.893. The summed E-state index contributed by atoms with van der Waals surface area (Å²) in [4.78, 5) is 27.1. The molecule has 0 saturated carbocycles. The summed E-state index contributed by atoms with van der Waals surface area (Å²) in [7, 11) is 0. The molecule has 1 unspecified atom stereocenters. The number of carboxylic acids is 1. The van der Waals surface area contributed by atoms with Gasteiger partial charge in [-0.25, -0.2) is 4.79 Å². The zero-order valence-corrected chi connectivity index (χ0v) is 15.7. The van der Waals surface area contributed by atoms with E-state index in [0.717, 1.165) is 38.2 Å². The number of amides is 1. The van der Waals surface area contributed by atoms with Crippen LogP contribution in [0, 0.1) is 5.41 Å². The van der Waals surface area contributed by atoms with Crippen molar-refractivity contribution in [1.82, 2.24) is 9.80 Å². The van der Waals surface area contributed by atoms with Crippen molar-refractivity contribution in [2.45, 2.75) is 32.2 Å². The molecule has 1 N–H and O–H groups in total. The summed E-state index contributed by atoms with van der Waals surface area (Å²) in [5.41, 5.74) is -0.0533. The second-order valence-electron chi connectivity index (χ2n) is 7.35. The predicted molar refractivity (Wildman–Crippen MR) is 98.5 cm³/mol. The van der Waals surface area contributed by atoms with Crippen molar-refractivity contribution in [3.63, 3.8) is 0 Å². The van der Waals surface area contributed by atoms with Gasteiger partial charge >= 0.3 is 5.97 Å². The van der Waals surface area contributed by atoms with Crippen LogP contribution in [0.15, 0.2) is 24.3 Å². The summed E-state index contributed by atoms with van der Waals surface area (Å²) in [5, 5.41) is 10.1. The monoisotopic (exact) mass is 380 g/mol. The summed E-state index contributed by atoms with van der Waals surface area (Å²) in [6, 6.07) is 6.65. The number of ether oxygens (including phenoxy) is 1. The molecule has 2 fully saturated rings. The molecule has 1 spiro atoms. The van der Waals surface area contributed by atoms with Crippen LogP contribution in [0.3, 0.4) is 0 Å². The standard InChI is InChI=1S/C19H25ClN2O4/c1-14(23)22-13-19(12-17(22)18(24)25)6-8-21(9-7-19)10-11-26-16-4-2-15(20)3-5-16/h2-5,17H,6-13H2,1H3,(H,24,25). The van der Waals surface area contributed by atoms with Gasteiger partial charge in [0.05, 0.1) is 0 Å². The van der Waals surface area contributed by atoms with Crippen LogP contribution in [0.5, 0.6) is 5.75 Å². The number of carbonyl (C=O) groups is 2. The Labute approximate surface area is 158 Å². The van der Waals surface area contributed by atoms with Crippen molar-refractivity contribution < 1.29 is 19.4 Å². The van der Waals surface area contributed by atoms with Gasteiger partial charge in [0, 0.05) is 25.0 Å². The molecule has 1 atom stereocenters. The topological polar surface area (TPSA) is 70.1 Å². The number of rotatable bonds is 5. The first-order chi connectivity index (χ1) is 12.4. The lowest BCUT2D eigenvalue weighted by Gasteiger charge is -2.39. The third kappa shape index (κ3) is 4.30. The van der Waals surface area contributed by atoms with Crippen molar-refractivity contribution in [2.24, 2.45) is 5.41 Å². The van der Waals surface area contributed by atoms with Gasteiger partial charge in [0.15, 0.2) is 0 Å². The van der Waals surface area contributed by atoms with Crippen LogP contribution in [0.2, 0.25) is 5.02 Å². The van der Waals surface area contributed by atoms with E-state index in [9.17, 15) is 14.7 Å². The van der Waals surface area contributed by atoms with Gasteiger partial charge in [-0.1, -0.05) is 11.6 Å². The van der Waals surface area contributed by atoms with Crippen LogP contribution in [0.1, 0.15) is 26.2 Å². The van der Waals surface area contributed by atoms with Crippen LogP contribution in [0.25, 0.3) is 0 Å². The van der Waals surface area contributed by atoms with E-state index in [4.69, 9.17) is 16.3 Å². The maximum Gasteiger partial charge on any atom is 0.326 e. The van der Waals surface area contributed by atoms with Gasteiger partial charge in [0.2, 0.25) is 5.91 Å². The molecule has 3 rings (SSSR count). The Morgan fingerprint density at radius 2 is 1.92 bits per heavy atom. The first-order valence-corrected chi connectivity index (χ1v) is 9.37. The number of carbonyl (C=O) groups excluding carboxylic acids is 1. The zero-order chi connectivity index (χ0) is 18.7. The molecule has 26 heavy (non-hydrogen) atoms. The van der Waals surface area contributed by atoms with Crippen LogP contribution in [-0.2, 0) is 9.59 Å². The fraction of sp³-hybridized carbons (Fsp3) is 0.579. The molecule has 7 heteroatoms. The van der Waals surface area contributed by atoms with Crippen LogP contribution in [0.4, 0.5) is 0 Å². The van der Waals surface area contributed by atoms with Gasteiger partial charge < -0.3 is 14.7 Å². The van der Waals surface area contributed by atoms with Gasteiger partial charge in [-0.2, -0.15) is 0 Å². The lowest BCUT2D eigenvalue weighted by Crippen LogP contribution is -2.43. The minimum absolute atomic E-state index is 0.0533. The average molecular weight is 381 g/mol. The first kappa shape index (κ1) is 19.0. The Hall–Kier alpha value is -1.79. The largest absolute Gasteiger partial charge is 0.492 e. The summed E-state index contributed by atoms with van der Waals surface area (Å²) in [6.45, 7) is 5.26. The second-order valence-corrected chi connectivity index (χ2v) is 7.79. The van der Waals surface area contributed by atoms with Crippen LogP contribution >= 0.6 is 11.6 Å². The van der Waals surface area contributed by atoms with E-state index < -0.39 is 12.0 Å². The molecular formula is C19H25ClN2O4. The molecule has 1 aromatic carbocycles. The van der Waals surface area contributed by atoms with Gasteiger partial charge in [0.25, 0.3) is 0 Å². The van der Waals surface area contributed by atoms with Gasteiger partial charge in [-0.15, -0.1) is 0 Å². The number of aliphatic carboxylic acids is 1. The lowest BCUT2D eigenvalue weighted by atomic mass is 9.76. The summed E-state index contributed by atoms with van der Waals surface area (Å²) in [5.74, 6) is -0.232. The van der Waals surface area contributed by atoms with Crippen molar-refractivity contribution in [3.8, 4) is 5.75 Å². The highest BCUT2D eigenvalue weighted by molar-refractivity contribution is 6.30. The Bertz CT molecular complexity index is 632. The van der Waals surface area contributed by atoms with E-state index in [1.54, 1.807) is 12.1 Å². The van der Waals surface area contributed by atoms with Crippen molar-refractivity contribution >= 4 is 23.5 Å². The highest BCUT2D eigenvalue weighted by Crippen LogP contribution is 2.43. The van der Waals surface area contributed by atoms with Crippen molar-refractivity contribution in [3.05, 3.63) is 29.3 Å². The molecule has 2 aliphatic rings. The molecule has 2 aliphatic heterocycles. The van der Waals surface area contributed by atoms with E-state index in [0.29, 0.717) is 24.6 Å². The number of piperidine rings is 1. The maximum atomic E-state index is 11.8. The van der Waals surface area contributed by atoms with E-state index in [2.05, 4.69) is 4.90 Å². The molecule has 1 amide bonds. The Morgan fingerprint density at radius 1 is 1.27 bits per heavy atom. The molecule has 2 saturated heterocycles. The quantitative estimate of drug-likeness (QED) is 0.849. The molecule has 0 aromatic heterocycles. The van der Waals surface area contributed by atoms with Gasteiger partial charge in [0.1, 0.15) is 18.4 Å². The molecule has 2 heterocycles. The van der Waals surface area contributed by atoms with E-state index in [-0.39, 0.29) is 11.3 Å². The molecule has 0 radical (unpaired) electrons. The molecule has 142 valence electrons. The van der Waals surface area contributed by atoms with Crippen molar-refractivity contribution in [1.29, 1.82) is 0 Å². The third-order valence-electron chi connectivity index (χ3n) is 5.60. The number of benzene rings is 1. The molecule has 1 aromatic rings. The van der Waals surface area contributed by atoms with Gasteiger partial charge in [-0.05, 0) is 62.0 Å². The Kier molecular flexibility index (Phi) is 5.73. The number of nitrogens with zero attached hydrogens (tertiary/aromatic N) is 2. The van der Waals surface area contributed by atoms with E-state index in [1.165, 1.54) is 11.8 Å². The zero-order valence-electron chi connectivity index (χ0n) is 15.0. The fourth-order valence-electron chi connectivity index (χ4n) is 4.04. The van der Waals surface area contributed by atoms with E-state index in [1.807, 2.05) is 12.1 Å². The Morgan fingerprint density at radius 3 is 2.46 bits per heavy atom. The lowest BCUT2D eigenvalue weighted by molar-refractivity contribution is -0.147. The van der Waals surface area contributed by atoms with Crippen LogP contribution in [-0.4, -0.2) is 65.6 Å². The first-order valence-electron chi connectivity index (χ1n) is 8.99. The normalized spacial score (nSPS) is 22.5. The second kappa shape index (κ2) is 7.84. The SMILES string of the molecule is CC(=O)N1CC2(CCN(CCOc3ccc(Cl)cc3)CC2)CC1C(=O)O. The molecular weight excluding hydrogens is 356 g/mol. The van der Waals surface area contributed by atoms with Crippen molar-refractivity contribution in [2.75, 3.05) is 32.8 Å². The smallest absolute Gasteiger partial charge is 0.326 e. The van der Waals surface area contributed by atoms with E-state index >= 15 is 0 Å². The molecule has 6 nitrogen and oxygen atoms in total. The predicted octanol–water partition coefficient (Wildman–Crippen LogP) is 2.51. The number of hydrogen-bond acceptors (Lipinski definition) is 4. The number of halogens is 1. The van der Waals surface area contributed by atoms with Crippen LogP contribution < -0.4 is 4.74 Å². The maximum absolute atomic E-state index is 11.8.